The van der Waals surface area contributed by atoms with Gasteiger partial charge in [-0.2, -0.15) is 5.10 Å². The molecule has 0 bridgehead atoms. The third-order valence-corrected chi connectivity index (χ3v) is 2.53. The predicted octanol–water partition coefficient (Wildman–Crippen LogP) is 1.22. The van der Waals surface area contributed by atoms with Crippen molar-refractivity contribution in [3.63, 3.8) is 0 Å². The molecule has 6 nitrogen and oxygen atoms in total. The molecule has 0 radical (unpaired) electrons. The van der Waals surface area contributed by atoms with Crippen molar-refractivity contribution in [1.82, 2.24) is 25.5 Å². The molecule has 2 aromatic heterocycles. The first-order valence-electron chi connectivity index (χ1n) is 5.49. The van der Waals surface area contributed by atoms with Crippen LogP contribution in [0.15, 0.2) is 24.7 Å². The number of hydrogen-bond acceptors (Lipinski definition) is 4. The Morgan fingerprint density at radius 2 is 2.33 bits per heavy atom. The van der Waals surface area contributed by atoms with Gasteiger partial charge in [0.25, 0.3) is 5.91 Å². The molecule has 0 spiro atoms. The summed E-state index contributed by atoms with van der Waals surface area (Å²) in [7, 11) is 0. The summed E-state index contributed by atoms with van der Waals surface area (Å²) >= 11 is 5.78. The summed E-state index contributed by atoms with van der Waals surface area (Å²) in [4.78, 5) is 19.6. The summed E-state index contributed by atoms with van der Waals surface area (Å²) in [5.41, 5.74) is 0.321. The molecule has 0 fully saturated rings. The van der Waals surface area contributed by atoms with Crippen LogP contribution in [0.3, 0.4) is 0 Å². The molecule has 0 saturated carbocycles. The Hall–Kier alpha value is -1.95. The van der Waals surface area contributed by atoms with Crippen molar-refractivity contribution in [3.05, 3.63) is 41.2 Å². The Kier molecular flexibility index (Phi) is 4.25. The predicted molar refractivity (Wildman–Crippen MR) is 66.3 cm³/mol. The van der Waals surface area contributed by atoms with E-state index in [4.69, 9.17) is 11.6 Å². The van der Waals surface area contributed by atoms with Crippen LogP contribution in [0.4, 0.5) is 0 Å². The zero-order valence-corrected chi connectivity index (χ0v) is 10.3. The summed E-state index contributed by atoms with van der Waals surface area (Å²) in [6, 6.07) is 3.16. The summed E-state index contributed by atoms with van der Waals surface area (Å²) in [6.45, 7) is 0.549. The third-order valence-electron chi connectivity index (χ3n) is 2.30. The van der Waals surface area contributed by atoms with Crippen molar-refractivity contribution >= 4 is 17.5 Å². The highest BCUT2D eigenvalue weighted by Crippen LogP contribution is 2.07. The Balaban J connectivity index is 1.75. The second kappa shape index (κ2) is 6.11. The fraction of sp³-hybridized carbons (Fsp3) is 0.273. The maximum atomic E-state index is 11.7. The standard InChI is InChI=1S/C11H12ClN5O/c12-8-3-5-13-9(6-8)11(18)14-4-1-2-10-15-7-16-17-10/h3,5-7H,1-2,4H2,(H,14,18)(H,15,16,17). The van der Waals surface area contributed by atoms with Gasteiger partial charge < -0.3 is 5.32 Å². The van der Waals surface area contributed by atoms with E-state index in [-0.39, 0.29) is 5.91 Å². The lowest BCUT2D eigenvalue weighted by molar-refractivity contribution is 0.0948. The SMILES string of the molecule is O=C(NCCCc1ncn[nH]1)c1cc(Cl)ccn1. The van der Waals surface area contributed by atoms with Crippen LogP contribution in [-0.4, -0.2) is 32.6 Å². The molecule has 0 aliphatic heterocycles. The van der Waals surface area contributed by atoms with Gasteiger partial charge in [0.15, 0.2) is 0 Å². The monoisotopic (exact) mass is 265 g/mol. The van der Waals surface area contributed by atoms with Crippen LogP contribution < -0.4 is 5.32 Å². The average molecular weight is 266 g/mol. The van der Waals surface area contributed by atoms with Crippen molar-refractivity contribution in [2.24, 2.45) is 0 Å². The van der Waals surface area contributed by atoms with E-state index in [9.17, 15) is 4.79 Å². The smallest absolute Gasteiger partial charge is 0.269 e. The Bertz CT molecular complexity index is 514. The van der Waals surface area contributed by atoms with E-state index in [1.165, 1.54) is 18.6 Å². The molecule has 0 aliphatic rings. The molecular formula is C11H12ClN5O. The number of nitrogens with zero attached hydrogens (tertiary/aromatic N) is 3. The van der Waals surface area contributed by atoms with Crippen molar-refractivity contribution in [1.29, 1.82) is 0 Å². The Labute approximate surface area is 109 Å². The van der Waals surface area contributed by atoms with E-state index >= 15 is 0 Å². The number of H-pyrrole nitrogens is 1. The molecule has 2 N–H and O–H groups in total. The lowest BCUT2D eigenvalue weighted by Gasteiger charge is -2.03. The summed E-state index contributed by atoms with van der Waals surface area (Å²) in [5.74, 6) is 0.584. The lowest BCUT2D eigenvalue weighted by atomic mass is 10.3. The summed E-state index contributed by atoms with van der Waals surface area (Å²) in [5, 5.41) is 9.77. The van der Waals surface area contributed by atoms with Crippen molar-refractivity contribution < 1.29 is 4.79 Å². The second-order valence-electron chi connectivity index (χ2n) is 3.65. The van der Waals surface area contributed by atoms with Crippen LogP contribution in [0.1, 0.15) is 22.7 Å². The molecule has 18 heavy (non-hydrogen) atoms. The first kappa shape index (κ1) is 12.5. The molecule has 2 heterocycles. The number of carbonyl (C=O) groups is 1. The van der Waals surface area contributed by atoms with Crippen LogP contribution >= 0.6 is 11.6 Å². The van der Waals surface area contributed by atoms with Gasteiger partial charge >= 0.3 is 0 Å². The van der Waals surface area contributed by atoms with Gasteiger partial charge in [0.05, 0.1) is 0 Å². The molecule has 0 aliphatic carbocycles. The minimum atomic E-state index is -0.227. The number of hydrogen-bond donors (Lipinski definition) is 2. The lowest BCUT2D eigenvalue weighted by Crippen LogP contribution is -2.25. The molecule has 1 amide bonds. The summed E-state index contributed by atoms with van der Waals surface area (Å²) in [6.07, 6.45) is 4.49. The number of carbonyl (C=O) groups excluding carboxylic acids is 1. The van der Waals surface area contributed by atoms with Crippen LogP contribution in [0.5, 0.6) is 0 Å². The number of amides is 1. The number of aromatic amines is 1. The van der Waals surface area contributed by atoms with Crippen LogP contribution in [-0.2, 0) is 6.42 Å². The number of halogens is 1. The minimum absolute atomic E-state index is 0.227. The molecule has 7 heteroatoms. The Morgan fingerprint density at radius 1 is 1.44 bits per heavy atom. The molecule has 0 saturated heterocycles. The molecule has 0 aromatic carbocycles. The van der Waals surface area contributed by atoms with Crippen molar-refractivity contribution in [2.45, 2.75) is 12.8 Å². The van der Waals surface area contributed by atoms with Gasteiger partial charge in [-0.05, 0) is 18.6 Å². The molecule has 0 unspecified atom stereocenters. The van der Waals surface area contributed by atoms with E-state index in [1.54, 1.807) is 6.07 Å². The zero-order valence-electron chi connectivity index (χ0n) is 9.56. The fourth-order valence-corrected chi connectivity index (χ4v) is 1.59. The molecular weight excluding hydrogens is 254 g/mol. The largest absolute Gasteiger partial charge is 0.351 e. The van der Waals surface area contributed by atoms with E-state index in [0.29, 0.717) is 17.3 Å². The van der Waals surface area contributed by atoms with E-state index in [2.05, 4.69) is 25.5 Å². The fourth-order valence-electron chi connectivity index (χ4n) is 1.43. The number of nitrogens with one attached hydrogen (secondary N) is 2. The molecule has 94 valence electrons. The van der Waals surface area contributed by atoms with Gasteiger partial charge in [0, 0.05) is 24.2 Å². The van der Waals surface area contributed by atoms with E-state index in [0.717, 1.165) is 18.7 Å². The van der Waals surface area contributed by atoms with Gasteiger partial charge in [-0.3, -0.25) is 14.9 Å². The van der Waals surface area contributed by atoms with E-state index < -0.39 is 0 Å². The second-order valence-corrected chi connectivity index (χ2v) is 4.09. The van der Waals surface area contributed by atoms with E-state index in [1.807, 2.05) is 0 Å². The van der Waals surface area contributed by atoms with Gasteiger partial charge in [0.2, 0.25) is 0 Å². The van der Waals surface area contributed by atoms with Gasteiger partial charge in [-0.1, -0.05) is 11.6 Å². The number of aromatic nitrogens is 4. The van der Waals surface area contributed by atoms with Crippen LogP contribution in [0, 0.1) is 0 Å². The van der Waals surface area contributed by atoms with Crippen molar-refractivity contribution in [2.75, 3.05) is 6.54 Å². The topological polar surface area (TPSA) is 83.6 Å². The third kappa shape index (κ3) is 3.53. The summed E-state index contributed by atoms with van der Waals surface area (Å²) < 4.78 is 0. The quantitative estimate of drug-likeness (QED) is 0.796. The van der Waals surface area contributed by atoms with Crippen LogP contribution in [0.25, 0.3) is 0 Å². The Morgan fingerprint density at radius 3 is 3.06 bits per heavy atom. The maximum Gasteiger partial charge on any atom is 0.269 e. The van der Waals surface area contributed by atoms with Gasteiger partial charge in [-0.25, -0.2) is 4.98 Å². The number of rotatable bonds is 5. The first-order chi connectivity index (χ1) is 8.75. The average Bonchev–Trinajstić information content (AvgIpc) is 2.87. The van der Waals surface area contributed by atoms with Crippen LogP contribution in [0.2, 0.25) is 5.02 Å². The highest BCUT2D eigenvalue weighted by atomic mass is 35.5. The maximum absolute atomic E-state index is 11.7. The molecule has 2 rings (SSSR count). The number of pyridine rings is 1. The zero-order chi connectivity index (χ0) is 12.8. The molecule has 0 atom stereocenters. The van der Waals surface area contributed by atoms with Crippen molar-refractivity contribution in [3.8, 4) is 0 Å². The first-order valence-corrected chi connectivity index (χ1v) is 5.87. The van der Waals surface area contributed by atoms with Gasteiger partial charge in [-0.15, -0.1) is 0 Å². The number of aryl methyl sites for hydroxylation is 1. The highest BCUT2D eigenvalue weighted by Gasteiger charge is 2.06. The van der Waals surface area contributed by atoms with Gasteiger partial charge in [0.1, 0.15) is 17.8 Å². The minimum Gasteiger partial charge on any atom is -0.351 e. The normalized spacial score (nSPS) is 10.3. The molecule has 2 aromatic rings. The highest BCUT2D eigenvalue weighted by molar-refractivity contribution is 6.30.